The van der Waals surface area contributed by atoms with Gasteiger partial charge in [-0.25, -0.2) is 4.98 Å². The first-order chi connectivity index (χ1) is 14.1. The molecule has 29 heavy (non-hydrogen) atoms. The maximum absolute atomic E-state index is 12.5. The number of aromatic nitrogens is 1. The standard InChI is InChI=1S/C23H26N2O3S/c1-4-27-20-10-9-17(14-21(20)28-5-2)22(26)24-12-11-19-15-29-23(25-19)18-8-6-7-16(3)13-18/h6-10,13-15H,4-5,11-12H2,1-3H3,(H,24,26). The lowest BCUT2D eigenvalue weighted by Crippen LogP contribution is -2.25. The van der Waals surface area contributed by atoms with E-state index in [-0.39, 0.29) is 5.91 Å². The van der Waals surface area contributed by atoms with E-state index in [1.807, 2.05) is 25.3 Å². The molecule has 2 aromatic carbocycles. The summed E-state index contributed by atoms with van der Waals surface area (Å²) in [6.45, 7) is 7.47. The quantitative estimate of drug-likeness (QED) is 0.546. The fourth-order valence-electron chi connectivity index (χ4n) is 2.93. The van der Waals surface area contributed by atoms with Crippen LogP contribution in [0.15, 0.2) is 47.8 Å². The van der Waals surface area contributed by atoms with Gasteiger partial charge in [-0.1, -0.05) is 23.8 Å². The van der Waals surface area contributed by atoms with Gasteiger partial charge < -0.3 is 14.8 Å². The first kappa shape index (κ1) is 20.9. The lowest BCUT2D eigenvalue weighted by Gasteiger charge is -2.12. The molecule has 1 heterocycles. The van der Waals surface area contributed by atoms with E-state index in [1.165, 1.54) is 5.56 Å². The molecule has 0 aliphatic rings. The number of rotatable bonds is 9. The van der Waals surface area contributed by atoms with Crippen LogP contribution < -0.4 is 14.8 Å². The Balaban J connectivity index is 1.58. The summed E-state index contributed by atoms with van der Waals surface area (Å²) in [5.74, 6) is 1.10. The molecular formula is C23H26N2O3S. The summed E-state index contributed by atoms with van der Waals surface area (Å²) in [6.07, 6.45) is 0.684. The van der Waals surface area contributed by atoms with Crippen molar-refractivity contribution in [1.29, 1.82) is 0 Å². The summed E-state index contributed by atoms with van der Waals surface area (Å²) < 4.78 is 11.1. The Morgan fingerprint density at radius 3 is 2.62 bits per heavy atom. The molecule has 0 fully saturated rings. The van der Waals surface area contributed by atoms with Crippen LogP contribution in [0.5, 0.6) is 11.5 Å². The maximum atomic E-state index is 12.5. The smallest absolute Gasteiger partial charge is 0.251 e. The first-order valence-electron chi connectivity index (χ1n) is 9.80. The Morgan fingerprint density at radius 2 is 1.86 bits per heavy atom. The van der Waals surface area contributed by atoms with E-state index in [2.05, 4.69) is 30.4 Å². The second kappa shape index (κ2) is 10.1. The van der Waals surface area contributed by atoms with Crippen LogP contribution in [0.3, 0.4) is 0 Å². The minimum absolute atomic E-state index is 0.136. The molecule has 3 aromatic rings. The predicted octanol–water partition coefficient (Wildman–Crippen LogP) is 4.89. The van der Waals surface area contributed by atoms with Crippen molar-refractivity contribution in [2.75, 3.05) is 19.8 Å². The minimum atomic E-state index is -0.136. The van der Waals surface area contributed by atoms with Gasteiger partial charge in [0.2, 0.25) is 0 Å². The monoisotopic (exact) mass is 410 g/mol. The topological polar surface area (TPSA) is 60.5 Å². The second-order valence-electron chi connectivity index (χ2n) is 6.55. The molecule has 0 aliphatic heterocycles. The molecule has 1 aromatic heterocycles. The number of carbonyl (C=O) groups is 1. The van der Waals surface area contributed by atoms with E-state index < -0.39 is 0 Å². The molecule has 1 N–H and O–H groups in total. The van der Waals surface area contributed by atoms with Crippen molar-refractivity contribution >= 4 is 17.2 Å². The van der Waals surface area contributed by atoms with Gasteiger partial charge in [0, 0.05) is 29.5 Å². The van der Waals surface area contributed by atoms with Gasteiger partial charge in [-0.2, -0.15) is 0 Å². The SMILES string of the molecule is CCOc1ccc(C(=O)NCCc2csc(-c3cccc(C)c3)n2)cc1OCC. The largest absolute Gasteiger partial charge is 0.490 e. The summed E-state index contributed by atoms with van der Waals surface area (Å²) in [7, 11) is 0. The summed E-state index contributed by atoms with van der Waals surface area (Å²) in [5, 5.41) is 6.01. The Labute approximate surface area is 175 Å². The minimum Gasteiger partial charge on any atom is -0.490 e. The Hall–Kier alpha value is -2.86. The molecule has 0 saturated carbocycles. The van der Waals surface area contributed by atoms with E-state index >= 15 is 0 Å². The summed E-state index contributed by atoms with van der Waals surface area (Å²) in [4.78, 5) is 17.2. The van der Waals surface area contributed by atoms with Crippen LogP contribution >= 0.6 is 11.3 Å². The molecule has 5 nitrogen and oxygen atoms in total. The molecular weight excluding hydrogens is 384 g/mol. The third-order valence-corrected chi connectivity index (χ3v) is 5.23. The van der Waals surface area contributed by atoms with E-state index in [4.69, 9.17) is 14.5 Å². The van der Waals surface area contributed by atoms with Gasteiger partial charge >= 0.3 is 0 Å². The molecule has 1 amide bonds. The summed E-state index contributed by atoms with van der Waals surface area (Å²) in [5.41, 5.74) is 3.88. The van der Waals surface area contributed by atoms with Gasteiger partial charge in [-0.15, -0.1) is 11.3 Å². The number of ether oxygens (including phenoxy) is 2. The van der Waals surface area contributed by atoms with E-state index in [1.54, 1.807) is 29.5 Å². The van der Waals surface area contributed by atoms with Gasteiger partial charge in [0.15, 0.2) is 11.5 Å². The highest BCUT2D eigenvalue weighted by Crippen LogP contribution is 2.28. The number of nitrogens with one attached hydrogen (secondary N) is 1. The average molecular weight is 411 g/mol. The number of thiazole rings is 1. The van der Waals surface area contributed by atoms with Crippen molar-refractivity contribution in [1.82, 2.24) is 10.3 Å². The number of hydrogen-bond acceptors (Lipinski definition) is 5. The summed E-state index contributed by atoms with van der Waals surface area (Å²) in [6, 6.07) is 13.6. The van der Waals surface area contributed by atoms with E-state index in [0.29, 0.717) is 43.2 Å². The molecule has 152 valence electrons. The van der Waals surface area contributed by atoms with Gasteiger partial charge in [0.1, 0.15) is 5.01 Å². The van der Waals surface area contributed by atoms with Crippen molar-refractivity contribution in [3.63, 3.8) is 0 Å². The fourth-order valence-corrected chi connectivity index (χ4v) is 3.78. The zero-order valence-electron chi connectivity index (χ0n) is 17.0. The molecule has 0 saturated heterocycles. The zero-order chi connectivity index (χ0) is 20.6. The molecule has 6 heteroatoms. The van der Waals surface area contributed by atoms with Crippen molar-refractivity contribution in [2.24, 2.45) is 0 Å². The van der Waals surface area contributed by atoms with Gasteiger partial charge in [0.25, 0.3) is 5.91 Å². The molecule has 3 rings (SSSR count). The van der Waals surface area contributed by atoms with Crippen molar-refractivity contribution in [3.8, 4) is 22.1 Å². The number of benzene rings is 2. The molecule has 0 bridgehead atoms. The van der Waals surface area contributed by atoms with Crippen LogP contribution in [0.4, 0.5) is 0 Å². The average Bonchev–Trinajstić information content (AvgIpc) is 3.18. The van der Waals surface area contributed by atoms with Gasteiger partial charge in [-0.05, 0) is 45.0 Å². The number of carbonyl (C=O) groups excluding carboxylic acids is 1. The van der Waals surface area contributed by atoms with Crippen molar-refractivity contribution in [2.45, 2.75) is 27.2 Å². The van der Waals surface area contributed by atoms with Crippen LogP contribution in [0.25, 0.3) is 10.6 Å². The van der Waals surface area contributed by atoms with E-state index in [9.17, 15) is 4.79 Å². The van der Waals surface area contributed by atoms with Crippen molar-refractivity contribution < 1.29 is 14.3 Å². The Morgan fingerprint density at radius 1 is 1.07 bits per heavy atom. The third-order valence-electron chi connectivity index (χ3n) is 4.29. The van der Waals surface area contributed by atoms with Gasteiger partial charge in [-0.3, -0.25) is 4.79 Å². The number of nitrogens with zero attached hydrogens (tertiary/aromatic N) is 1. The normalized spacial score (nSPS) is 10.6. The highest BCUT2D eigenvalue weighted by molar-refractivity contribution is 7.13. The molecule has 0 atom stereocenters. The lowest BCUT2D eigenvalue weighted by molar-refractivity contribution is 0.0953. The maximum Gasteiger partial charge on any atom is 0.251 e. The molecule has 0 spiro atoms. The molecule has 0 unspecified atom stereocenters. The third kappa shape index (κ3) is 5.57. The van der Waals surface area contributed by atoms with E-state index in [0.717, 1.165) is 16.3 Å². The summed E-state index contributed by atoms with van der Waals surface area (Å²) >= 11 is 1.63. The predicted molar refractivity (Wildman–Crippen MR) is 117 cm³/mol. The Bertz CT molecular complexity index is 968. The van der Waals surface area contributed by atoms with Crippen LogP contribution in [-0.2, 0) is 6.42 Å². The zero-order valence-corrected chi connectivity index (χ0v) is 17.8. The molecule has 0 aliphatic carbocycles. The lowest BCUT2D eigenvalue weighted by atomic mass is 10.1. The van der Waals surface area contributed by atoms with Crippen LogP contribution in [0.2, 0.25) is 0 Å². The number of amides is 1. The number of aryl methyl sites for hydroxylation is 1. The highest BCUT2D eigenvalue weighted by Gasteiger charge is 2.12. The Kier molecular flexibility index (Phi) is 7.25. The molecule has 0 radical (unpaired) electrons. The van der Waals surface area contributed by atoms with Gasteiger partial charge in [0.05, 0.1) is 18.9 Å². The van der Waals surface area contributed by atoms with Crippen molar-refractivity contribution in [3.05, 3.63) is 64.7 Å². The fraction of sp³-hybridized carbons (Fsp3) is 0.304. The second-order valence-corrected chi connectivity index (χ2v) is 7.41. The van der Waals surface area contributed by atoms with Crippen LogP contribution in [0.1, 0.15) is 35.5 Å². The first-order valence-corrected chi connectivity index (χ1v) is 10.7. The van der Waals surface area contributed by atoms with Crippen LogP contribution in [0, 0.1) is 6.92 Å². The number of hydrogen-bond donors (Lipinski definition) is 1. The highest BCUT2D eigenvalue weighted by atomic mass is 32.1. The van der Waals surface area contributed by atoms with Crippen LogP contribution in [-0.4, -0.2) is 30.6 Å².